The second-order valence-electron chi connectivity index (χ2n) is 5.55. The summed E-state index contributed by atoms with van der Waals surface area (Å²) in [5.74, 6) is -2.13. The molecule has 0 aliphatic carbocycles. The molecule has 27 heavy (non-hydrogen) atoms. The van der Waals surface area contributed by atoms with E-state index >= 15 is 0 Å². The van der Waals surface area contributed by atoms with Gasteiger partial charge >= 0.3 is 12.0 Å². The number of methoxy groups -OCH3 is 1. The van der Waals surface area contributed by atoms with Crippen molar-refractivity contribution < 1.29 is 23.9 Å². The molecule has 1 aliphatic rings. The summed E-state index contributed by atoms with van der Waals surface area (Å²) >= 11 is 5.92. The van der Waals surface area contributed by atoms with Crippen LogP contribution in [0.2, 0.25) is 5.02 Å². The third-order valence-corrected chi connectivity index (χ3v) is 4.04. The predicted molar refractivity (Wildman–Crippen MR) is 98.2 cm³/mol. The summed E-state index contributed by atoms with van der Waals surface area (Å²) in [5.41, 5.74) is 0.789. The largest absolute Gasteiger partial charge is 0.465 e. The number of imide groups is 2. The normalized spacial score (nSPS) is 15.7. The number of urea groups is 1. The van der Waals surface area contributed by atoms with Crippen molar-refractivity contribution in [1.29, 1.82) is 0 Å². The van der Waals surface area contributed by atoms with Gasteiger partial charge in [0.1, 0.15) is 5.57 Å². The highest BCUT2D eigenvalue weighted by Gasteiger charge is 2.36. The van der Waals surface area contributed by atoms with Crippen LogP contribution >= 0.6 is 11.6 Å². The Kier molecular flexibility index (Phi) is 5.05. The number of benzene rings is 2. The van der Waals surface area contributed by atoms with Gasteiger partial charge in [0.15, 0.2) is 0 Å². The Hall–Kier alpha value is -3.45. The van der Waals surface area contributed by atoms with Crippen LogP contribution in [0.3, 0.4) is 0 Å². The Bertz CT molecular complexity index is 982. The SMILES string of the molecule is COC(=O)c1ccc(N2C(=O)NC(=O)/C(=C\c3cccc(Cl)c3)C2=O)cc1. The number of halogens is 1. The van der Waals surface area contributed by atoms with Crippen LogP contribution in [0.1, 0.15) is 15.9 Å². The standard InChI is InChI=1S/C19H13ClN2O5/c1-27-18(25)12-5-7-14(8-6-12)22-17(24)15(16(23)21-19(22)26)10-11-3-2-4-13(20)9-11/h2-10H,1H3,(H,21,23,26)/b15-10+. The van der Waals surface area contributed by atoms with Gasteiger partial charge in [0.25, 0.3) is 11.8 Å². The molecule has 1 N–H and O–H groups in total. The van der Waals surface area contributed by atoms with Gasteiger partial charge in [-0.3, -0.25) is 14.9 Å². The molecule has 2 aromatic rings. The second kappa shape index (κ2) is 7.43. The third kappa shape index (κ3) is 3.73. The second-order valence-corrected chi connectivity index (χ2v) is 5.99. The third-order valence-electron chi connectivity index (χ3n) is 3.81. The van der Waals surface area contributed by atoms with Crippen LogP contribution < -0.4 is 10.2 Å². The number of anilines is 1. The van der Waals surface area contributed by atoms with E-state index in [1.165, 1.54) is 37.5 Å². The first-order valence-corrected chi connectivity index (χ1v) is 8.14. The average molecular weight is 385 g/mol. The van der Waals surface area contributed by atoms with Gasteiger partial charge in [-0.15, -0.1) is 0 Å². The summed E-state index contributed by atoms with van der Waals surface area (Å²) in [6, 6.07) is 11.4. The number of nitrogens with one attached hydrogen (secondary N) is 1. The quantitative estimate of drug-likeness (QED) is 0.499. The summed E-state index contributed by atoms with van der Waals surface area (Å²) in [4.78, 5) is 49.4. The van der Waals surface area contributed by atoms with Gasteiger partial charge < -0.3 is 4.74 Å². The molecular weight excluding hydrogens is 372 g/mol. The molecule has 0 bridgehead atoms. The summed E-state index contributed by atoms with van der Waals surface area (Å²) in [5, 5.41) is 2.57. The van der Waals surface area contributed by atoms with Crippen LogP contribution in [0, 0.1) is 0 Å². The maximum Gasteiger partial charge on any atom is 0.337 e. The van der Waals surface area contributed by atoms with E-state index in [0.29, 0.717) is 10.6 Å². The van der Waals surface area contributed by atoms with Gasteiger partial charge in [-0.2, -0.15) is 0 Å². The molecule has 8 heteroatoms. The lowest BCUT2D eigenvalue weighted by molar-refractivity contribution is -0.122. The van der Waals surface area contributed by atoms with E-state index in [4.69, 9.17) is 11.6 Å². The van der Waals surface area contributed by atoms with Crippen molar-refractivity contribution in [1.82, 2.24) is 5.32 Å². The summed E-state index contributed by atoms with van der Waals surface area (Å²) < 4.78 is 4.61. The molecule has 0 aromatic heterocycles. The Labute approximate surface area is 159 Å². The lowest BCUT2D eigenvalue weighted by Crippen LogP contribution is -2.54. The lowest BCUT2D eigenvalue weighted by atomic mass is 10.1. The fourth-order valence-electron chi connectivity index (χ4n) is 2.52. The number of hydrogen-bond donors (Lipinski definition) is 1. The van der Waals surface area contributed by atoms with E-state index in [-0.39, 0.29) is 16.8 Å². The van der Waals surface area contributed by atoms with Crippen LogP contribution in [-0.2, 0) is 14.3 Å². The molecule has 4 amide bonds. The van der Waals surface area contributed by atoms with Crippen molar-refractivity contribution in [3.8, 4) is 0 Å². The smallest absolute Gasteiger partial charge is 0.337 e. The van der Waals surface area contributed by atoms with E-state index in [0.717, 1.165) is 4.90 Å². The minimum atomic E-state index is -0.876. The summed E-state index contributed by atoms with van der Waals surface area (Å²) in [7, 11) is 1.25. The van der Waals surface area contributed by atoms with Gasteiger partial charge in [-0.25, -0.2) is 14.5 Å². The maximum absolute atomic E-state index is 12.8. The highest BCUT2D eigenvalue weighted by molar-refractivity contribution is 6.39. The van der Waals surface area contributed by atoms with Gasteiger partial charge in [-0.1, -0.05) is 23.7 Å². The highest BCUT2D eigenvalue weighted by atomic mass is 35.5. The number of amides is 4. The topological polar surface area (TPSA) is 92.8 Å². The number of barbiturate groups is 1. The van der Waals surface area contributed by atoms with E-state index in [2.05, 4.69) is 10.1 Å². The first-order chi connectivity index (χ1) is 12.9. The molecule has 0 saturated carbocycles. The van der Waals surface area contributed by atoms with E-state index in [9.17, 15) is 19.2 Å². The molecule has 0 atom stereocenters. The van der Waals surface area contributed by atoms with Crippen LogP contribution in [-0.4, -0.2) is 30.9 Å². The van der Waals surface area contributed by atoms with Crippen molar-refractivity contribution in [2.45, 2.75) is 0 Å². The van der Waals surface area contributed by atoms with E-state index in [1.54, 1.807) is 24.3 Å². The number of hydrogen-bond acceptors (Lipinski definition) is 5. The molecule has 0 radical (unpaired) electrons. The van der Waals surface area contributed by atoms with Gasteiger partial charge in [0, 0.05) is 5.02 Å². The van der Waals surface area contributed by atoms with Crippen molar-refractivity contribution in [3.05, 3.63) is 70.3 Å². The molecule has 2 aromatic carbocycles. The summed E-state index contributed by atoms with van der Waals surface area (Å²) in [6.07, 6.45) is 1.35. The zero-order valence-corrected chi connectivity index (χ0v) is 14.8. The Morgan fingerprint density at radius 3 is 2.44 bits per heavy atom. The van der Waals surface area contributed by atoms with E-state index < -0.39 is 23.8 Å². The fraction of sp³-hybridized carbons (Fsp3) is 0.0526. The van der Waals surface area contributed by atoms with Gasteiger partial charge in [-0.05, 0) is 48.0 Å². The van der Waals surface area contributed by atoms with Crippen molar-refractivity contribution >= 4 is 47.2 Å². The number of nitrogens with zero attached hydrogens (tertiary/aromatic N) is 1. The van der Waals surface area contributed by atoms with Crippen molar-refractivity contribution in [2.24, 2.45) is 0 Å². The van der Waals surface area contributed by atoms with Crippen LogP contribution in [0.25, 0.3) is 6.08 Å². The van der Waals surface area contributed by atoms with Gasteiger partial charge in [0.2, 0.25) is 0 Å². The minimum Gasteiger partial charge on any atom is -0.465 e. The maximum atomic E-state index is 12.8. The number of rotatable bonds is 3. The molecule has 3 rings (SSSR count). The first-order valence-electron chi connectivity index (χ1n) is 7.76. The first kappa shape index (κ1) is 18.3. The predicted octanol–water partition coefficient (Wildman–Crippen LogP) is 2.79. The highest BCUT2D eigenvalue weighted by Crippen LogP contribution is 2.23. The summed E-state index contributed by atoms with van der Waals surface area (Å²) in [6.45, 7) is 0. The van der Waals surface area contributed by atoms with E-state index in [1.807, 2.05) is 0 Å². The van der Waals surface area contributed by atoms with Crippen LogP contribution in [0.15, 0.2) is 54.1 Å². The molecule has 1 heterocycles. The zero-order valence-electron chi connectivity index (χ0n) is 14.1. The Morgan fingerprint density at radius 2 is 1.81 bits per heavy atom. The molecule has 7 nitrogen and oxygen atoms in total. The van der Waals surface area contributed by atoms with Crippen LogP contribution in [0.5, 0.6) is 0 Å². The monoisotopic (exact) mass is 384 g/mol. The molecular formula is C19H13ClN2O5. The Balaban J connectivity index is 1.96. The lowest BCUT2D eigenvalue weighted by Gasteiger charge is -2.26. The number of carbonyl (C=O) groups is 4. The molecule has 1 fully saturated rings. The number of carbonyl (C=O) groups excluding carboxylic acids is 4. The molecule has 1 saturated heterocycles. The molecule has 0 spiro atoms. The Morgan fingerprint density at radius 1 is 1.11 bits per heavy atom. The van der Waals surface area contributed by atoms with Crippen molar-refractivity contribution in [3.63, 3.8) is 0 Å². The fourth-order valence-corrected chi connectivity index (χ4v) is 2.72. The molecule has 1 aliphatic heterocycles. The average Bonchev–Trinajstić information content (AvgIpc) is 2.65. The minimum absolute atomic E-state index is 0.203. The van der Waals surface area contributed by atoms with Crippen LogP contribution in [0.4, 0.5) is 10.5 Å². The van der Waals surface area contributed by atoms with Gasteiger partial charge in [0.05, 0.1) is 18.4 Å². The molecule has 136 valence electrons. The number of esters is 1. The zero-order chi connectivity index (χ0) is 19.6. The number of ether oxygens (including phenoxy) is 1. The molecule has 0 unspecified atom stereocenters. The van der Waals surface area contributed by atoms with Crippen molar-refractivity contribution in [2.75, 3.05) is 12.0 Å².